The summed E-state index contributed by atoms with van der Waals surface area (Å²) < 4.78 is 1.57. The lowest BCUT2D eigenvalue weighted by Gasteiger charge is -2.09. The van der Waals surface area contributed by atoms with Crippen LogP contribution in [0.25, 0.3) is 0 Å². The number of hydrogen-bond acceptors (Lipinski definition) is 3. The average molecular weight is 293 g/mol. The second kappa shape index (κ2) is 12.6. The topological polar surface area (TPSA) is 24.1 Å². The van der Waals surface area contributed by atoms with Gasteiger partial charge in [-0.15, -0.1) is 0 Å². The van der Waals surface area contributed by atoms with Crippen LogP contribution in [0, 0.1) is 0 Å². The zero-order chi connectivity index (χ0) is 12.9. The van der Waals surface area contributed by atoms with Crippen LogP contribution in [0.5, 0.6) is 0 Å². The van der Waals surface area contributed by atoms with Crippen molar-refractivity contribution in [1.82, 2.24) is 10.6 Å². The zero-order valence-corrected chi connectivity index (χ0v) is 13.3. The van der Waals surface area contributed by atoms with Crippen molar-refractivity contribution >= 4 is 44.8 Å². The molecule has 2 nitrogen and oxygen atoms in total. The van der Waals surface area contributed by atoms with E-state index in [0.29, 0.717) is 0 Å². The van der Waals surface area contributed by atoms with Gasteiger partial charge in [-0.25, -0.2) is 0 Å². The molecule has 0 aliphatic rings. The Bertz CT molecular complexity index is 198. The molecule has 0 fully saturated rings. The van der Waals surface area contributed by atoms with E-state index in [9.17, 15) is 0 Å². The van der Waals surface area contributed by atoms with Crippen LogP contribution >= 0.6 is 36.2 Å². The molecule has 0 aromatic carbocycles. The summed E-state index contributed by atoms with van der Waals surface area (Å²) in [6, 6.07) is 0. The van der Waals surface area contributed by atoms with Gasteiger partial charge in [0.2, 0.25) is 0 Å². The number of nitrogens with one attached hydrogen (secondary N) is 2. The summed E-state index contributed by atoms with van der Waals surface area (Å²) in [5.74, 6) is 0. The van der Waals surface area contributed by atoms with Gasteiger partial charge in [-0.3, -0.25) is 0 Å². The Kier molecular flexibility index (Phi) is 12.7. The van der Waals surface area contributed by atoms with Crippen LogP contribution in [-0.4, -0.2) is 21.7 Å². The van der Waals surface area contributed by atoms with Gasteiger partial charge in [0.1, 0.15) is 8.64 Å². The molecule has 0 aliphatic heterocycles. The smallest absolute Gasteiger partial charge is 0.140 e. The third kappa shape index (κ3) is 12.4. The highest BCUT2D eigenvalue weighted by Gasteiger charge is 2.01. The maximum Gasteiger partial charge on any atom is 0.140 e. The largest absolute Gasteiger partial charge is 0.371 e. The SMILES string of the molecule is CCCCCNC(=S)SC(=S)NCCCCC. The van der Waals surface area contributed by atoms with Gasteiger partial charge in [-0.1, -0.05) is 64.0 Å². The lowest BCUT2D eigenvalue weighted by Crippen LogP contribution is -2.26. The van der Waals surface area contributed by atoms with Gasteiger partial charge in [0.15, 0.2) is 0 Å². The van der Waals surface area contributed by atoms with E-state index in [4.69, 9.17) is 24.4 Å². The van der Waals surface area contributed by atoms with Crippen molar-refractivity contribution in [1.29, 1.82) is 0 Å². The number of unbranched alkanes of at least 4 members (excludes halogenated alkanes) is 4. The molecule has 0 atom stereocenters. The van der Waals surface area contributed by atoms with Crippen LogP contribution < -0.4 is 10.6 Å². The molecule has 0 saturated carbocycles. The molecule has 0 unspecified atom stereocenters. The molecule has 0 radical (unpaired) electrons. The number of hydrogen-bond donors (Lipinski definition) is 2. The van der Waals surface area contributed by atoms with Crippen molar-refractivity contribution in [2.75, 3.05) is 13.1 Å². The van der Waals surface area contributed by atoms with Gasteiger partial charge < -0.3 is 10.6 Å². The van der Waals surface area contributed by atoms with Crippen molar-refractivity contribution < 1.29 is 0 Å². The van der Waals surface area contributed by atoms with Crippen molar-refractivity contribution in [3.63, 3.8) is 0 Å². The highest BCUT2D eigenvalue weighted by Crippen LogP contribution is 2.04. The fraction of sp³-hybridized carbons (Fsp3) is 0.833. The van der Waals surface area contributed by atoms with E-state index < -0.39 is 0 Å². The Labute approximate surface area is 121 Å². The molecular formula is C12H24N2S3. The van der Waals surface area contributed by atoms with Crippen molar-refractivity contribution in [3.8, 4) is 0 Å². The second-order valence-corrected chi connectivity index (χ2v) is 6.30. The molecule has 5 heteroatoms. The maximum atomic E-state index is 5.21. The fourth-order valence-corrected chi connectivity index (χ4v) is 2.67. The van der Waals surface area contributed by atoms with Crippen molar-refractivity contribution in [2.45, 2.75) is 52.4 Å². The predicted molar refractivity (Wildman–Crippen MR) is 87.8 cm³/mol. The predicted octanol–water partition coefficient (Wildman–Crippen LogP) is 3.85. The summed E-state index contributed by atoms with van der Waals surface area (Å²) in [5.41, 5.74) is 0. The Morgan fingerprint density at radius 3 is 1.59 bits per heavy atom. The molecule has 0 aromatic heterocycles. The first kappa shape index (κ1) is 17.1. The summed E-state index contributed by atoms with van der Waals surface area (Å²) >= 11 is 11.9. The number of thiocarbonyl (C=S) groups is 2. The molecule has 0 bridgehead atoms. The monoisotopic (exact) mass is 292 g/mol. The molecule has 0 aliphatic carbocycles. The molecule has 0 amide bonds. The summed E-state index contributed by atoms with van der Waals surface area (Å²) in [6.45, 7) is 6.31. The summed E-state index contributed by atoms with van der Waals surface area (Å²) in [7, 11) is 0. The average Bonchev–Trinajstić information content (AvgIpc) is 2.30. The van der Waals surface area contributed by atoms with E-state index >= 15 is 0 Å². The first-order valence-corrected chi connectivity index (χ1v) is 8.07. The minimum atomic E-state index is 0.786. The van der Waals surface area contributed by atoms with E-state index in [-0.39, 0.29) is 0 Å². The van der Waals surface area contributed by atoms with Gasteiger partial charge in [-0.2, -0.15) is 0 Å². The quantitative estimate of drug-likeness (QED) is 0.523. The standard InChI is InChI=1S/C12H24N2S3/c1-3-5-7-9-13-11(15)17-12(16)14-10-8-6-4-2/h3-10H2,1-2H3,(H,13,15)(H,14,16). The molecule has 0 rings (SSSR count). The number of rotatable bonds is 8. The third-order valence-corrected chi connectivity index (χ3v) is 3.73. The van der Waals surface area contributed by atoms with Gasteiger partial charge >= 0.3 is 0 Å². The van der Waals surface area contributed by atoms with Crippen LogP contribution in [0.15, 0.2) is 0 Å². The minimum absolute atomic E-state index is 0.786. The molecular weight excluding hydrogens is 268 g/mol. The van der Waals surface area contributed by atoms with Gasteiger partial charge in [0, 0.05) is 13.1 Å². The lowest BCUT2D eigenvalue weighted by molar-refractivity contribution is 0.699. The molecule has 0 spiro atoms. The molecule has 0 saturated heterocycles. The lowest BCUT2D eigenvalue weighted by atomic mass is 10.2. The summed E-state index contributed by atoms with van der Waals surface area (Å²) in [4.78, 5) is 0. The van der Waals surface area contributed by atoms with Crippen LogP contribution in [0.4, 0.5) is 0 Å². The highest BCUT2D eigenvalue weighted by molar-refractivity contribution is 8.37. The third-order valence-electron chi connectivity index (χ3n) is 2.28. The van der Waals surface area contributed by atoms with Gasteiger partial charge in [0.25, 0.3) is 0 Å². The number of thioether (sulfide) groups is 1. The first-order chi connectivity index (χ1) is 8.20. The molecule has 100 valence electrons. The summed E-state index contributed by atoms with van der Waals surface area (Å²) in [6.07, 6.45) is 7.32. The van der Waals surface area contributed by atoms with Gasteiger partial charge in [0.05, 0.1) is 0 Å². The van der Waals surface area contributed by atoms with E-state index in [1.165, 1.54) is 50.3 Å². The van der Waals surface area contributed by atoms with Crippen molar-refractivity contribution in [3.05, 3.63) is 0 Å². The Balaban J connectivity index is 3.42. The second-order valence-electron chi connectivity index (χ2n) is 3.94. The Morgan fingerprint density at radius 2 is 1.24 bits per heavy atom. The molecule has 0 heterocycles. The Morgan fingerprint density at radius 1 is 0.824 bits per heavy atom. The van der Waals surface area contributed by atoms with E-state index in [2.05, 4.69) is 24.5 Å². The van der Waals surface area contributed by atoms with Gasteiger partial charge in [-0.05, 0) is 24.6 Å². The van der Waals surface area contributed by atoms with Crippen LogP contribution in [0.3, 0.4) is 0 Å². The first-order valence-electron chi connectivity index (χ1n) is 6.44. The van der Waals surface area contributed by atoms with E-state index in [0.717, 1.165) is 21.7 Å². The fourth-order valence-electron chi connectivity index (χ4n) is 1.29. The molecule has 0 aromatic rings. The summed E-state index contributed by atoms with van der Waals surface area (Å²) in [5, 5.41) is 6.43. The zero-order valence-electron chi connectivity index (χ0n) is 10.9. The minimum Gasteiger partial charge on any atom is -0.371 e. The molecule has 2 N–H and O–H groups in total. The van der Waals surface area contributed by atoms with Crippen LogP contribution in [0.2, 0.25) is 0 Å². The highest BCUT2D eigenvalue weighted by atomic mass is 32.2. The van der Waals surface area contributed by atoms with E-state index in [1.807, 2.05) is 0 Å². The Hall–Kier alpha value is 0.130. The van der Waals surface area contributed by atoms with Crippen LogP contribution in [0.1, 0.15) is 52.4 Å². The van der Waals surface area contributed by atoms with E-state index in [1.54, 1.807) is 0 Å². The van der Waals surface area contributed by atoms with Crippen molar-refractivity contribution in [2.24, 2.45) is 0 Å². The van der Waals surface area contributed by atoms with Crippen LogP contribution in [-0.2, 0) is 0 Å². The molecule has 17 heavy (non-hydrogen) atoms. The maximum absolute atomic E-state index is 5.21. The normalized spacial score (nSPS) is 10.0.